The van der Waals surface area contributed by atoms with Crippen LogP contribution in [-0.4, -0.2) is 17.9 Å². The van der Waals surface area contributed by atoms with Gasteiger partial charge >= 0.3 is 6.29 Å². The Hall–Kier alpha value is -3.74. The summed E-state index contributed by atoms with van der Waals surface area (Å²) < 4.78 is 35.3. The van der Waals surface area contributed by atoms with Crippen molar-refractivity contribution in [2.45, 2.75) is 12.8 Å². The van der Waals surface area contributed by atoms with E-state index in [1.807, 2.05) is 54.6 Å². The van der Waals surface area contributed by atoms with Crippen LogP contribution < -0.4 is 14.4 Å². The molecule has 5 rings (SSSR count). The second-order valence-electron chi connectivity index (χ2n) is 6.61. The summed E-state index contributed by atoms with van der Waals surface area (Å²) in [6.07, 6.45) is -3.66. The normalized spacial score (nSPS) is 17.7. The van der Waals surface area contributed by atoms with E-state index in [9.17, 15) is 13.6 Å². The van der Waals surface area contributed by atoms with Gasteiger partial charge in [0, 0.05) is 11.3 Å². The first kappa shape index (κ1) is 17.4. The molecule has 0 aliphatic carbocycles. The average Bonchev–Trinajstić information content (AvgIpc) is 3.18. The third kappa shape index (κ3) is 3.00. The second kappa shape index (κ2) is 6.41. The van der Waals surface area contributed by atoms with Crippen LogP contribution in [-0.2, 0) is 11.3 Å². The van der Waals surface area contributed by atoms with Crippen molar-refractivity contribution in [2.24, 2.45) is 4.99 Å². The number of nitrogens with zero attached hydrogens (tertiary/aromatic N) is 2. The predicted octanol–water partition coefficient (Wildman–Crippen LogP) is 4.68. The zero-order valence-corrected chi connectivity index (χ0v) is 15.0. The van der Waals surface area contributed by atoms with Crippen molar-refractivity contribution >= 4 is 23.0 Å². The topological polar surface area (TPSA) is 51.1 Å². The first-order valence-corrected chi connectivity index (χ1v) is 8.94. The van der Waals surface area contributed by atoms with Gasteiger partial charge in [0.25, 0.3) is 5.91 Å². The molecule has 1 amide bonds. The third-order valence-electron chi connectivity index (χ3n) is 4.71. The van der Waals surface area contributed by atoms with Crippen LogP contribution in [0.5, 0.6) is 11.5 Å². The number of amides is 1. The number of rotatable bonds is 3. The van der Waals surface area contributed by atoms with Gasteiger partial charge in [-0.1, -0.05) is 42.5 Å². The van der Waals surface area contributed by atoms with Crippen molar-refractivity contribution < 1.29 is 23.0 Å². The maximum Gasteiger partial charge on any atom is 0.586 e. The largest absolute Gasteiger partial charge is 0.586 e. The summed E-state index contributed by atoms with van der Waals surface area (Å²) in [6.45, 7) is 0.139. The highest BCUT2D eigenvalue weighted by Gasteiger charge is 2.43. The molecule has 0 saturated carbocycles. The maximum absolute atomic E-state index is 13.2. The lowest BCUT2D eigenvalue weighted by Crippen LogP contribution is -2.25. The number of benzene rings is 3. The van der Waals surface area contributed by atoms with Crippen LogP contribution in [0.1, 0.15) is 11.1 Å². The van der Waals surface area contributed by atoms with E-state index in [0.717, 1.165) is 16.9 Å². The first-order valence-electron chi connectivity index (χ1n) is 8.94. The highest BCUT2D eigenvalue weighted by atomic mass is 19.3. The van der Waals surface area contributed by atoms with E-state index in [2.05, 4.69) is 14.5 Å². The molecule has 0 aromatic heterocycles. The molecule has 2 aliphatic heterocycles. The SMILES string of the molecule is O=C1C(=NCc2ccc3c(c2)OC(F)(F)O3)c2ccccc2N1c1ccccc1. The van der Waals surface area contributed by atoms with E-state index in [-0.39, 0.29) is 24.0 Å². The van der Waals surface area contributed by atoms with Crippen LogP contribution in [0.25, 0.3) is 0 Å². The lowest BCUT2D eigenvalue weighted by Gasteiger charge is -2.16. The molecule has 3 aromatic rings. The van der Waals surface area contributed by atoms with Gasteiger partial charge in [-0.05, 0) is 35.9 Å². The summed E-state index contributed by atoms with van der Waals surface area (Å²) in [5.41, 5.74) is 3.19. The van der Waals surface area contributed by atoms with Gasteiger partial charge in [0.05, 0.1) is 12.2 Å². The highest BCUT2D eigenvalue weighted by molar-refractivity contribution is 6.55. The molecule has 0 spiro atoms. The summed E-state index contributed by atoms with van der Waals surface area (Å²) in [4.78, 5) is 19.2. The molecule has 2 heterocycles. The van der Waals surface area contributed by atoms with Crippen molar-refractivity contribution in [3.05, 3.63) is 83.9 Å². The number of para-hydroxylation sites is 2. The third-order valence-corrected chi connectivity index (χ3v) is 4.71. The second-order valence-corrected chi connectivity index (χ2v) is 6.61. The fraction of sp³-hybridized carbons (Fsp3) is 0.0909. The number of hydrogen-bond donors (Lipinski definition) is 0. The van der Waals surface area contributed by atoms with Crippen LogP contribution in [0.15, 0.2) is 77.8 Å². The molecular weight excluding hydrogens is 378 g/mol. The van der Waals surface area contributed by atoms with Gasteiger partial charge in [-0.15, -0.1) is 8.78 Å². The fourth-order valence-electron chi connectivity index (χ4n) is 3.45. The smallest absolute Gasteiger partial charge is 0.395 e. The fourth-order valence-corrected chi connectivity index (χ4v) is 3.45. The molecule has 0 fully saturated rings. The van der Waals surface area contributed by atoms with E-state index in [1.54, 1.807) is 11.0 Å². The number of alkyl halides is 2. The van der Waals surface area contributed by atoms with Gasteiger partial charge < -0.3 is 9.47 Å². The van der Waals surface area contributed by atoms with E-state index in [4.69, 9.17) is 0 Å². The Kier molecular flexibility index (Phi) is 3.84. The van der Waals surface area contributed by atoms with Crippen molar-refractivity contribution in [1.29, 1.82) is 0 Å². The molecule has 144 valence electrons. The standard InChI is InChI=1S/C22H14F2N2O3/c23-22(24)28-18-11-10-14(12-19(18)29-22)13-25-20-16-8-4-5-9-17(16)26(21(20)27)15-6-2-1-3-7-15/h1-12H,13H2. The Morgan fingerprint density at radius 2 is 1.62 bits per heavy atom. The van der Waals surface area contributed by atoms with E-state index >= 15 is 0 Å². The molecule has 0 saturated heterocycles. The van der Waals surface area contributed by atoms with Gasteiger partial charge in [-0.25, -0.2) is 0 Å². The molecule has 5 nitrogen and oxygen atoms in total. The maximum atomic E-state index is 13.2. The molecule has 0 radical (unpaired) electrons. The minimum atomic E-state index is -3.66. The number of hydrogen-bond acceptors (Lipinski definition) is 4. The van der Waals surface area contributed by atoms with Gasteiger partial charge in [0.15, 0.2) is 11.5 Å². The number of carbonyl (C=O) groups is 1. The Morgan fingerprint density at radius 1 is 0.897 bits per heavy atom. The molecule has 0 N–H and O–H groups in total. The zero-order chi connectivity index (χ0) is 20.0. The zero-order valence-electron chi connectivity index (χ0n) is 15.0. The minimum absolute atomic E-state index is 0.0241. The summed E-state index contributed by atoms with van der Waals surface area (Å²) >= 11 is 0. The van der Waals surface area contributed by atoms with Crippen molar-refractivity contribution in [3.63, 3.8) is 0 Å². The molecule has 0 atom stereocenters. The molecule has 0 bridgehead atoms. The molecule has 3 aromatic carbocycles. The summed E-state index contributed by atoms with van der Waals surface area (Å²) in [7, 11) is 0. The van der Waals surface area contributed by atoms with Crippen LogP contribution in [0, 0.1) is 0 Å². The summed E-state index contributed by atoms with van der Waals surface area (Å²) in [6, 6.07) is 21.2. The molecule has 7 heteroatoms. The number of fused-ring (bicyclic) bond motifs is 2. The quantitative estimate of drug-likeness (QED) is 0.651. The van der Waals surface area contributed by atoms with Gasteiger partial charge in [-0.3, -0.25) is 14.7 Å². The van der Waals surface area contributed by atoms with Crippen LogP contribution >= 0.6 is 0 Å². The van der Waals surface area contributed by atoms with Gasteiger partial charge in [0.2, 0.25) is 0 Å². The Morgan fingerprint density at radius 3 is 2.45 bits per heavy atom. The predicted molar refractivity (Wildman–Crippen MR) is 103 cm³/mol. The first-order chi connectivity index (χ1) is 14.0. The van der Waals surface area contributed by atoms with Crippen LogP contribution in [0.3, 0.4) is 0 Å². The Labute approximate surface area is 164 Å². The number of anilines is 2. The number of aliphatic imine (C=N–C) groups is 1. The monoisotopic (exact) mass is 392 g/mol. The summed E-state index contributed by atoms with van der Waals surface area (Å²) in [5, 5.41) is 0. The van der Waals surface area contributed by atoms with E-state index < -0.39 is 6.29 Å². The number of halogens is 2. The van der Waals surface area contributed by atoms with Crippen molar-refractivity contribution in [1.82, 2.24) is 0 Å². The van der Waals surface area contributed by atoms with Crippen LogP contribution in [0.4, 0.5) is 20.2 Å². The number of carbonyl (C=O) groups excluding carboxylic acids is 1. The Balaban J connectivity index is 1.47. The van der Waals surface area contributed by atoms with Gasteiger partial charge in [0.1, 0.15) is 5.71 Å². The lowest BCUT2D eigenvalue weighted by molar-refractivity contribution is -0.286. The average molecular weight is 392 g/mol. The van der Waals surface area contributed by atoms with Crippen molar-refractivity contribution in [2.75, 3.05) is 4.90 Å². The van der Waals surface area contributed by atoms with E-state index in [1.165, 1.54) is 12.1 Å². The van der Waals surface area contributed by atoms with Crippen molar-refractivity contribution in [3.8, 4) is 11.5 Å². The van der Waals surface area contributed by atoms with E-state index in [0.29, 0.717) is 11.3 Å². The lowest BCUT2D eigenvalue weighted by atomic mass is 10.1. The number of ether oxygens (including phenoxy) is 2. The summed E-state index contributed by atoms with van der Waals surface area (Å²) in [5.74, 6) is -0.301. The van der Waals surface area contributed by atoms with Crippen LogP contribution in [0.2, 0.25) is 0 Å². The highest BCUT2D eigenvalue weighted by Crippen LogP contribution is 2.41. The minimum Gasteiger partial charge on any atom is -0.395 e. The molecule has 2 aliphatic rings. The Bertz CT molecular complexity index is 1150. The molecule has 29 heavy (non-hydrogen) atoms. The molecular formula is C22H14F2N2O3. The van der Waals surface area contributed by atoms with Gasteiger partial charge in [-0.2, -0.15) is 0 Å². The molecule has 0 unspecified atom stereocenters.